The van der Waals surface area contributed by atoms with E-state index in [9.17, 15) is 9.50 Å². The van der Waals surface area contributed by atoms with Gasteiger partial charge in [0.1, 0.15) is 11.4 Å². The zero-order chi connectivity index (χ0) is 12.3. The van der Waals surface area contributed by atoms with Gasteiger partial charge in [-0.25, -0.2) is 4.39 Å². The molecule has 94 valence electrons. The Bertz CT molecular complexity index is 385. The van der Waals surface area contributed by atoms with Crippen molar-refractivity contribution in [2.24, 2.45) is 0 Å². The Morgan fingerprint density at radius 3 is 3.00 bits per heavy atom. The Labute approximate surface area is 101 Å². The van der Waals surface area contributed by atoms with E-state index in [1.165, 1.54) is 6.07 Å². The number of benzene rings is 1. The van der Waals surface area contributed by atoms with Crippen molar-refractivity contribution < 1.29 is 19.1 Å². The van der Waals surface area contributed by atoms with E-state index in [-0.39, 0.29) is 18.8 Å². The summed E-state index contributed by atoms with van der Waals surface area (Å²) in [5.74, 6) is -0.282. The van der Waals surface area contributed by atoms with Crippen LogP contribution in [0.15, 0.2) is 24.3 Å². The molecule has 2 N–H and O–H groups in total. The summed E-state index contributed by atoms with van der Waals surface area (Å²) in [7, 11) is 3.90. The summed E-state index contributed by atoms with van der Waals surface area (Å²) in [4.78, 5) is 0.960. The summed E-state index contributed by atoms with van der Waals surface area (Å²) < 4.78 is 18.9. The van der Waals surface area contributed by atoms with Gasteiger partial charge >= 0.3 is 0 Å². The minimum Gasteiger partial charge on any atom is -0.463 e. The van der Waals surface area contributed by atoms with Crippen molar-refractivity contribution in [3.05, 3.63) is 42.7 Å². The maximum absolute atomic E-state index is 13.5. The van der Waals surface area contributed by atoms with Gasteiger partial charge < -0.3 is 14.7 Å². The Hall–Kier alpha value is -0.970. The molecule has 1 aliphatic heterocycles. The fraction of sp³-hybridized carbons (Fsp3) is 0.462. The van der Waals surface area contributed by atoms with E-state index in [0.29, 0.717) is 18.7 Å². The minimum atomic E-state index is -1.03. The molecule has 0 amide bonds. The van der Waals surface area contributed by atoms with Gasteiger partial charge in [0.15, 0.2) is 0 Å². The molecule has 3 nitrogen and oxygen atoms in total. The van der Waals surface area contributed by atoms with Crippen molar-refractivity contribution in [1.82, 2.24) is 0 Å². The third-order valence-corrected chi connectivity index (χ3v) is 3.03. The monoisotopic (exact) mass is 239 g/mol. The first-order chi connectivity index (χ1) is 8.09. The summed E-state index contributed by atoms with van der Waals surface area (Å²) in [5, 5.41) is 10.4. The van der Waals surface area contributed by atoms with Crippen LogP contribution in [-0.2, 0) is 11.2 Å². The highest BCUT2D eigenvalue weighted by Crippen LogP contribution is 2.16. The second kappa shape index (κ2) is 5.12. The fourth-order valence-electron chi connectivity index (χ4n) is 2.19. The highest BCUT2D eigenvalue weighted by Gasteiger charge is 2.33. The van der Waals surface area contributed by atoms with Crippen molar-refractivity contribution in [2.75, 3.05) is 26.3 Å². The van der Waals surface area contributed by atoms with Crippen molar-refractivity contribution in [2.45, 2.75) is 12.0 Å². The molecule has 1 heterocycles. The minimum absolute atomic E-state index is 0.236. The predicted molar refractivity (Wildman–Crippen MR) is 61.9 cm³/mol. The first-order valence-electron chi connectivity index (χ1n) is 5.79. The topological polar surface area (TPSA) is 33.9 Å². The summed E-state index contributed by atoms with van der Waals surface area (Å²) in [6.07, 6.45) is 0.263. The van der Waals surface area contributed by atoms with Crippen LogP contribution in [0, 0.1) is 12.9 Å². The second-order valence-corrected chi connectivity index (χ2v) is 4.72. The fourth-order valence-corrected chi connectivity index (χ4v) is 2.19. The van der Waals surface area contributed by atoms with E-state index < -0.39 is 5.60 Å². The molecule has 1 fully saturated rings. The van der Waals surface area contributed by atoms with Crippen LogP contribution in [-0.4, -0.2) is 37.0 Å². The van der Waals surface area contributed by atoms with Gasteiger partial charge in [-0.15, -0.1) is 0 Å². The molecule has 0 saturated carbocycles. The van der Waals surface area contributed by atoms with Crippen LogP contribution in [0.5, 0.6) is 0 Å². The zero-order valence-corrected chi connectivity index (χ0v) is 9.79. The van der Waals surface area contributed by atoms with Crippen LogP contribution in [0.1, 0.15) is 5.56 Å². The standard InChI is InChI=1S/C13H18FNO2/c1-15-6-7-17-10-13(16,9-15)8-11-4-2-3-5-12(11)14/h2-5,15-16H,1,6-10H2. The van der Waals surface area contributed by atoms with Crippen LogP contribution < -0.4 is 4.90 Å². The highest BCUT2D eigenvalue weighted by molar-refractivity contribution is 5.19. The van der Waals surface area contributed by atoms with E-state index in [1.807, 2.05) is 0 Å². The molecular formula is C13H18FNO2. The molecule has 1 aromatic rings. The Morgan fingerprint density at radius 1 is 1.47 bits per heavy atom. The Balaban J connectivity index is 2.13. The summed E-state index contributed by atoms with van der Waals surface area (Å²) in [6.45, 7) is 2.06. The van der Waals surface area contributed by atoms with Gasteiger partial charge in [-0.3, -0.25) is 0 Å². The van der Waals surface area contributed by atoms with E-state index in [0.717, 1.165) is 11.4 Å². The number of nitrogens with one attached hydrogen (secondary N) is 1. The summed E-state index contributed by atoms with van der Waals surface area (Å²) >= 11 is 0. The van der Waals surface area contributed by atoms with Gasteiger partial charge in [0, 0.05) is 6.42 Å². The lowest BCUT2D eigenvalue weighted by Gasteiger charge is -2.29. The third kappa shape index (κ3) is 3.25. The van der Waals surface area contributed by atoms with E-state index in [4.69, 9.17) is 4.74 Å². The van der Waals surface area contributed by atoms with Crippen molar-refractivity contribution >= 4 is 0 Å². The molecule has 2 atom stereocenters. The van der Waals surface area contributed by atoms with Gasteiger partial charge in [0.05, 0.1) is 26.3 Å². The molecule has 0 aliphatic carbocycles. The molecule has 4 heteroatoms. The highest BCUT2D eigenvalue weighted by atomic mass is 19.1. The molecule has 2 rings (SSSR count). The number of hydrogen-bond acceptors (Lipinski definition) is 2. The molecule has 0 radical (unpaired) electrons. The molecule has 2 unspecified atom stereocenters. The predicted octanol–water partition coefficient (Wildman–Crippen LogP) is -0.194. The van der Waals surface area contributed by atoms with Gasteiger partial charge in [0.25, 0.3) is 0 Å². The third-order valence-electron chi connectivity index (χ3n) is 3.03. The Kier molecular flexibility index (Phi) is 3.76. The molecule has 1 aliphatic rings. The quantitative estimate of drug-likeness (QED) is 0.701. The number of ether oxygens (including phenoxy) is 1. The average Bonchev–Trinajstić information content (AvgIpc) is 2.43. The maximum Gasteiger partial charge on any atom is 0.138 e. The lowest BCUT2D eigenvalue weighted by atomic mass is 9.94. The van der Waals surface area contributed by atoms with Gasteiger partial charge in [0.2, 0.25) is 0 Å². The zero-order valence-electron chi connectivity index (χ0n) is 9.79. The van der Waals surface area contributed by atoms with Gasteiger partial charge in [-0.2, -0.15) is 7.05 Å². The molecule has 1 aromatic carbocycles. The SMILES string of the molecule is [CH2-][NH+]1CCOCC(O)(Cc2ccccc2F)C1. The number of quaternary nitrogens is 1. The smallest absolute Gasteiger partial charge is 0.138 e. The van der Waals surface area contributed by atoms with Crippen LogP contribution in [0.25, 0.3) is 0 Å². The van der Waals surface area contributed by atoms with Crippen LogP contribution in [0.3, 0.4) is 0 Å². The summed E-state index contributed by atoms with van der Waals surface area (Å²) in [5.41, 5.74) is -0.510. The van der Waals surface area contributed by atoms with Gasteiger partial charge in [-0.05, 0) is 11.6 Å². The lowest BCUT2D eigenvalue weighted by Crippen LogP contribution is -3.09. The first kappa shape index (κ1) is 12.5. The second-order valence-electron chi connectivity index (χ2n) is 4.72. The largest absolute Gasteiger partial charge is 0.463 e. The molecule has 1 saturated heterocycles. The van der Waals surface area contributed by atoms with Crippen LogP contribution in [0.4, 0.5) is 4.39 Å². The molecular weight excluding hydrogens is 221 g/mol. The van der Waals surface area contributed by atoms with E-state index in [1.54, 1.807) is 18.2 Å². The van der Waals surface area contributed by atoms with Crippen LogP contribution >= 0.6 is 0 Å². The van der Waals surface area contributed by atoms with Crippen molar-refractivity contribution in [1.29, 1.82) is 0 Å². The Morgan fingerprint density at radius 2 is 2.24 bits per heavy atom. The number of halogens is 1. The maximum atomic E-state index is 13.5. The van der Waals surface area contributed by atoms with Gasteiger partial charge in [-0.1, -0.05) is 18.2 Å². The molecule has 17 heavy (non-hydrogen) atoms. The number of aliphatic hydroxyl groups is 1. The van der Waals surface area contributed by atoms with Crippen molar-refractivity contribution in [3.8, 4) is 0 Å². The lowest BCUT2D eigenvalue weighted by molar-refractivity contribution is -0.858. The van der Waals surface area contributed by atoms with E-state index in [2.05, 4.69) is 7.05 Å². The molecule has 0 aromatic heterocycles. The normalized spacial score (nSPS) is 29.9. The number of hydrogen-bond donors (Lipinski definition) is 2. The average molecular weight is 239 g/mol. The summed E-state index contributed by atoms with van der Waals surface area (Å²) in [6, 6.07) is 6.52. The van der Waals surface area contributed by atoms with Crippen LogP contribution in [0.2, 0.25) is 0 Å². The number of rotatable bonds is 2. The van der Waals surface area contributed by atoms with E-state index >= 15 is 0 Å². The first-order valence-corrected chi connectivity index (χ1v) is 5.79. The molecule has 0 spiro atoms. The molecule has 0 bridgehead atoms. The van der Waals surface area contributed by atoms with Crippen molar-refractivity contribution in [3.63, 3.8) is 0 Å².